The van der Waals surface area contributed by atoms with Crippen LogP contribution in [0.5, 0.6) is 0 Å². The number of rotatable bonds is 6. The van der Waals surface area contributed by atoms with Crippen molar-refractivity contribution in [2.24, 2.45) is 0 Å². The SMILES string of the molecule is CC[C@@H](O)CN1CCCCCC1CC(O)c1ccco1. The Hall–Kier alpha value is -0.840. The highest BCUT2D eigenvalue weighted by molar-refractivity contribution is 5.02. The highest BCUT2D eigenvalue weighted by atomic mass is 16.4. The highest BCUT2D eigenvalue weighted by Crippen LogP contribution is 2.26. The van der Waals surface area contributed by atoms with Crippen molar-refractivity contribution in [3.63, 3.8) is 0 Å². The van der Waals surface area contributed by atoms with Crippen molar-refractivity contribution in [2.45, 2.75) is 63.7 Å². The monoisotopic (exact) mass is 281 g/mol. The third-order valence-electron chi connectivity index (χ3n) is 4.28. The van der Waals surface area contributed by atoms with Gasteiger partial charge < -0.3 is 14.6 Å². The predicted octanol–water partition coefficient (Wildman–Crippen LogP) is 2.72. The molecule has 4 heteroatoms. The van der Waals surface area contributed by atoms with Crippen LogP contribution in [0.2, 0.25) is 0 Å². The Labute approximate surface area is 121 Å². The van der Waals surface area contributed by atoms with E-state index < -0.39 is 6.10 Å². The molecule has 1 saturated heterocycles. The predicted molar refractivity (Wildman–Crippen MR) is 78.4 cm³/mol. The van der Waals surface area contributed by atoms with E-state index in [1.165, 1.54) is 19.3 Å². The summed E-state index contributed by atoms with van der Waals surface area (Å²) in [4.78, 5) is 2.35. The maximum atomic E-state index is 10.3. The Morgan fingerprint density at radius 3 is 2.90 bits per heavy atom. The summed E-state index contributed by atoms with van der Waals surface area (Å²) in [5.74, 6) is 0.644. The molecule has 20 heavy (non-hydrogen) atoms. The van der Waals surface area contributed by atoms with E-state index in [-0.39, 0.29) is 6.10 Å². The van der Waals surface area contributed by atoms with Crippen LogP contribution in [0.15, 0.2) is 22.8 Å². The molecule has 114 valence electrons. The van der Waals surface area contributed by atoms with Crippen molar-refractivity contribution in [2.75, 3.05) is 13.1 Å². The Morgan fingerprint density at radius 2 is 2.20 bits per heavy atom. The Balaban J connectivity index is 1.96. The molecule has 0 amide bonds. The van der Waals surface area contributed by atoms with E-state index in [0.717, 1.165) is 19.4 Å². The highest BCUT2D eigenvalue weighted by Gasteiger charge is 2.26. The Kier molecular flexibility index (Phi) is 6.07. The quantitative estimate of drug-likeness (QED) is 0.842. The lowest BCUT2D eigenvalue weighted by molar-refractivity contribution is 0.0520. The molecule has 0 bridgehead atoms. The van der Waals surface area contributed by atoms with Gasteiger partial charge in [-0.15, -0.1) is 0 Å². The van der Waals surface area contributed by atoms with E-state index in [9.17, 15) is 10.2 Å². The lowest BCUT2D eigenvalue weighted by Gasteiger charge is -2.32. The molecular formula is C16H27NO3. The normalized spacial score (nSPS) is 24.2. The van der Waals surface area contributed by atoms with Gasteiger partial charge in [0, 0.05) is 12.6 Å². The van der Waals surface area contributed by atoms with Crippen LogP contribution < -0.4 is 0 Å². The van der Waals surface area contributed by atoms with Gasteiger partial charge in [-0.3, -0.25) is 4.90 Å². The van der Waals surface area contributed by atoms with E-state index in [0.29, 0.717) is 24.8 Å². The number of nitrogens with zero attached hydrogens (tertiary/aromatic N) is 1. The number of hydrogen-bond acceptors (Lipinski definition) is 4. The molecule has 1 fully saturated rings. The maximum Gasteiger partial charge on any atom is 0.132 e. The van der Waals surface area contributed by atoms with Crippen LogP contribution in [0.4, 0.5) is 0 Å². The van der Waals surface area contributed by atoms with Crippen LogP contribution in [0.1, 0.15) is 57.3 Å². The molecule has 2 N–H and O–H groups in total. The van der Waals surface area contributed by atoms with Crippen molar-refractivity contribution in [1.82, 2.24) is 4.90 Å². The van der Waals surface area contributed by atoms with E-state index in [4.69, 9.17) is 4.42 Å². The van der Waals surface area contributed by atoms with Crippen LogP contribution in [0, 0.1) is 0 Å². The van der Waals surface area contributed by atoms with E-state index in [1.54, 1.807) is 6.26 Å². The molecule has 2 heterocycles. The van der Waals surface area contributed by atoms with Gasteiger partial charge in [0.15, 0.2) is 0 Å². The summed E-state index contributed by atoms with van der Waals surface area (Å²) in [6.07, 6.45) is 6.97. The first-order valence-electron chi connectivity index (χ1n) is 7.84. The Bertz CT molecular complexity index is 366. The minimum atomic E-state index is -0.547. The largest absolute Gasteiger partial charge is 0.467 e. The molecule has 0 saturated carbocycles. The van der Waals surface area contributed by atoms with Crippen molar-refractivity contribution in [3.8, 4) is 0 Å². The van der Waals surface area contributed by atoms with Crippen LogP contribution in [0.3, 0.4) is 0 Å². The first-order chi connectivity index (χ1) is 9.70. The third kappa shape index (κ3) is 4.33. The van der Waals surface area contributed by atoms with Crippen molar-refractivity contribution in [1.29, 1.82) is 0 Å². The van der Waals surface area contributed by atoms with Gasteiger partial charge in [-0.05, 0) is 44.4 Å². The molecule has 4 nitrogen and oxygen atoms in total. The van der Waals surface area contributed by atoms with Crippen LogP contribution in [-0.2, 0) is 0 Å². The number of hydrogen-bond donors (Lipinski definition) is 2. The average Bonchev–Trinajstić information content (AvgIpc) is 2.90. The maximum absolute atomic E-state index is 10.3. The summed E-state index contributed by atoms with van der Waals surface area (Å²) < 4.78 is 5.29. The smallest absolute Gasteiger partial charge is 0.132 e. The summed E-state index contributed by atoms with van der Waals surface area (Å²) in [5.41, 5.74) is 0. The molecule has 3 atom stereocenters. The molecule has 1 aromatic rings. The van der Waals surface area contributed by atoms with Crippen LogP contribution in [0.25, 0.3) is 0 Å². The standard InChI is InChI=1S/C16H27NO3/c1-2-14(18)12-17-9-5-3-4-7-13(17)11-15(19)16-8-6-10-20-16/h6,8,10,13-15,18-19H,2-5,7,9,11-12H2,1H3/t13?,14-,15?/m1/s1. The lowest BCUT2D eigenvalue weighted by atomic mass is 10.0. The fourth-order valence-corrected chi connectivity index (χ4v) is 3.00. The number of β-amino-alcohol motifs (C(OH)–C–C–N with tert-alkyl or cyclic N) is 1. The molecule has 0 aliphatic carbocycles. The van der Waals surface area contributed by atoms with Crippen molar-refractivity contribution < 1.29 is 14.6 Å². The fourth-order valence-electron chi connectivity index (χ4n) is 3.00. The van der Waals surface area contributed by atoms with Gasteiger partial charge in [0.1, 0.15) is 11.9 Å². The van der Waals surface area contributed by atoms with Gasteiger partial charge in [-0.25, -0.2) is 0 Å². The average molecular weight is 281 g/mol. The van der Waals surface area contributed by atoms with Gasteiger partial charge in [-0.1, -0.05) is 19.8 Å². The second kappa shape index (κ2) is 7.81. The summed E-state index contributed by atoms with van der Waals surface area (Å²) in [6, 6.07) is 3.97. The van der Waals surface area contributed by atoms with Crippen molar-refractivity contribution >= 4 is 0 Å². The number of aliphatic hydroxyl groups is 2. The van der Waals surface area contributed by atoms with Gasteiger partial charge in [0.05, 0.1) is 12.4 Å². The topological polar surface area (TPSA) is 56.8 Å². The molecule has 0 radical (unpaired) electrons. The number of aliphatic hydroxyl groups excluding tert-OH is 2. The first kappa shape index (κ1) is 15.5. The molecule has 1 aromatic heterocycles. The summed E-state index contributed by atoms with van der Waals surface area (Å²) in [6.45, 7) is 3.74. The molecule has 1 aliphatic rings. The zero-order valence-corrected chi connectivity index (χ0v) is 12.4. The zero-order chi connectivity index (χ0) is 14.4. The molecule has 1 aliphatic heterocycles. The van der Waals surface area contributed by atoms with Crippen LogP contribution >= 0.6 is 0 Å². The second-order valence-electron chi connectivity index (χ2n) is 5.83. The molecular weight excluding hydrogens is 254 g/mol. The summed E-state index contributed by atoms with van der Waals surface area (Å²) >= 11 is 0. The van der Waals surface area contributed by atoms with E-state index in [1.807, 2.05) is 19.1 Å². The molecule has 2 rings (SSSR count). The van der Waals surface area contributed by atoms with Gasteiger partial charge in [0.25, 0.3) is 0 Å². The number of furan rings is 1. The van der Waals surface area contributed by atoms with Gasteiger partial charge in [-0.2, -0.15) is 0 Å². The number of likely N-dealkylation sites (tertiary alicyclic amines) is 1. The fraction of sp³-hybridized carbons (Fsp3) is 0.750. The zero-order valence-electron chi connectivity index (χ0n) is 12.4. The van der Waals surface area contributed by atoms with E-state index >= 15 is 0 Å². The van der Waals surface area contributed by atoms with Crippen molar-refractivity contribution in [3.05, 3.63) is 24.2 Å². The minimum Gasteiger partial charge on any atom is -0.467 e. The summed E-state index contributed by atoms with van der Waals surface area (Å²) in [5, 5.41) is 20.2. The molecule has 0 aromatic carbocycles. The summed E-state index contributed by atoms with van der Waals surface area (Å²) in [7, 11) is 0. The second-order valence-corrected chi connectivity index (χ2v) is 5.83. The third-order valence-corrected chi connectivity index (χ3v) is 4.28. The van der Waals surface area contributed by atoms with Gasteiger partial charge in [0.2, 0.25) is 0 Å². The molecule has 0 spiro atoms. The van der Waals surface area contributed by atoms with Gasteiger partial charge >= 0.3 is 0 Å². The lowest BCUT2D eigenvalue weighted by Crippen LogP contribution is -2.41. The minimum absolute atomic E-state index is 0.267. The van der Waals surface area contributed by atoms with Crippen LogP contribution in [-0.4, -0.2) is 40.3 Å². The van der Waals surface area contributed by atoms with E-state index in [2.05, 4.69) is 4.90 Å². The first-order valence-corrected chi connectivity index (χ1v) is 7.84. The Morgan fingerprint density at radius 1 is 1.35 bits per heavy atom. The molecule has 2 unspecified atom stereocenters.